The number of imide groups is 1. The molecule has 7 nitrogen and oxygen atoms in total. The summed E-state index contributed by atoms with van der Waals surface area (Å²) in [5, 5.41) is 6.12. The van der Waals surface area contributed by atoms with Crippen LogP contribution in [0.25, 0.3) is 0 Å². The number of halogens is 1. The molecular weight excluding hydrogens is 496 g/mol. The monoisotopic (exact) mass is 526 g/mol. The third-order valence-corrected chi connectivity index (χ3v) is 7.33. The molecule has 1 atom stereocenters. The van der Waals surface area contributed by atoms with Crippen molar-refractivity contribution < 1.29 is 14.4 Å². The van der Waals surface area contributed by atoms with Crippen LogP contribution in [-0.2, 0) is 16.1 Å². The van der Waals surface area contributed by atoms with Gasteiger partial charge in [-0.2, -0.15) is 0 Å². The van der Waals surface area contributed by atoms with Crippen molar-refractivity contribution in [3.63, 3.8) is 0 Å². The Morgan fingerprint density at radius 1 is 1.09 bits per heavy atom. The summed E-state index contributed by atoms with van der Waals surface area (Å²) in [7, 11) is 0. The third kappa shape index (κ3) is 5.50. The molecule has 2 aromatic carbocycles. The van der Waals surface area contributed by atoms with Crippen LogP contribution < -0.4 is 10.6 Å². The van der Waals surface area contributed by atoms with E-state index in [2.05, 4.69) is 31.5 Å². The quantitative estimate of drug-likeness (QED) is 0.509. The molecule has 2 aliphatic heterocycles. The smallest absolute Gasteiger partial charge is 0.325 e. The molecule has 0 aliphatic carbocycles. The van der Waals surface area contributed by atoms with Gasteiger partial charge in [0.25, 0.3) is 5.91 Å². The van der Waals surface area contributed by atoms with E-state index in [0.717, 1.165) is 41.7 Å². The molecule has 2 heterocycles. The fourth-order valence-electron chi connectivity index (χ4n) is 4.71. The number of benzene rings is 2. The van der Waals surface area contributed by atoms with Crippen molar-refractivity contribution in [2.45, 2.75) is 50.7 Å². The van der Waals surface area contributed by atoms with Crippen LogP contribution in [0.2, 0.25) is 0 Å². The summed E-state index contributed by atoms with van der Waals surface area (Å²) < 4.78 is 0.959. The highest BCUT2D eigenvalue weighted by Gasteiger charge is 2.52. The highest BCUT2D eigenvalue weighted by molar-refractivity contribution is 9.10. The van der Waals surface area contributed by atoms with Gasteiger partial charge in [-0.25, -0.2) is 4.79 Å². The van der Waals surface area contributed by atoms with Gasteiger partial charge in [0.15, 0.2) is 0 Å². The van der Waals surface area contributed by atoms with Crippen LogP contribution in [0.15, 0.2) is 59.1 Å². The maximum Gasteiger partial charge on any atom is 0.325 e. The van der Waals surface area contributed by atoms with E-state index in [9.17, 15) is 14.4 Å². The van der Waals surface area contributed by atoms with Crippen molar-refractivity contribution in [3.05, 3.63) is 70.2 Å². The first-order chi connectivity index (χ1) is 16.4. The fourth-order valence-corrected chi connectivity index (χ4v) is 4.97. The third-order valence-electron chi connectivity index (χ3n) is 6.80. The summed E-state index contributed by atoms with van der Waals surface area (Å²) in [6.45, 7) is 4.39. The number of likely N-dealkylation sites (tertiary alicyclic amines) is 1. The molecule has 0 aromatic heterocycles. The van der Waals surface area contributed by atoms with Crippen LogP contribution in [0, 0.1) is 0 Å². The Kier molecular flexibility index (Phi) is 7.68. The van der Waals surface area contributed by atoms with Gasteiger partial charge >= 0.3 is 6.03 Å². The fraction of sp³-hybridized carbons (Fsp3) is 0.423. The Hall–Kier alpha value is -2.71. The Morgan fingerprint density at radius 3 is 2.41 bits per heavy atom. The molecule has 4 rings (SSSR count). The molecule has 4 amide bonds. The number of hydrogen-bond donors (Lipinski definition) is 2. The molecule has 0 radical (unpaired) electrons. The van der Waals surface area contributed by atoms with Gasteiger partial charge in [0.1, 0.15) is 5.54 Å². The van der Waals surface area contributed by atoms with Gasteiger partial charge in [0.05, 0.1) is 12.6 Å². The van der Waals surface area contributed by atoms with Gasteiger partial charge in [-0.15, -0.1) is 0 Å². The second-order valence-corrected chi connectivity index (χ2v) is 9.96. The standard InChI is InChI=1S/C26H31BrN4O3/c1-2-23(32)28-22(20-6-4-3-5-7-20)12-15-30-16-13-26(14-17-30)24(33)31(25(34)29-26)18-19-8-10-21(27)11-9-19/h3-11,22H,2,12-18H2,1H3,(H,28,32)(H,29,34)/t22-/m0/s1. The topological polar surface area (TPSA) is 81.8 Å². The molecule has 0 unspecified atom stereocenters. The number of carbonyl (C=O) groups excluding carboxylic acids is 3. The first kappa shape index (κ1) is 24.4. The highest BCUT2D eigenvalue weighted by atomic mass is 79.9. The summed E-state index contributed by atoms with van der Waals surface area (Å²) in [6.07, 6.45) is 2.42. The van der Waals surface area contributed by atoms with Crippen molar-refractivity contribution in [2.75, 3.05) is 19.6 Å². The minimum atomic E-state index is -0.807. The molecule has 2 aromatic rings. The maximum absolute atomic E-state index is 13.2. The molecule has 0 saturated carbocycles. The van der Waals surface area contributed by atoms with E-state index >= 15 is 0 Å². The van der Waals surface area contributed by atoms with Crippen LogP contribution in [0.4, 0.5) is 4.79 Å². The summed E-state index contributed by atoms with van der Waals surface area (Å²) in [6, 6.07) is 17.3. The molecular formula is C26H31BrN4O3. The first-order valence-electron chi connectivity index (χ1n) is 11.9. The second-order valence-electron chi connectivity index (χ2n) is 9.04. The van der Waals surface area contributed by atoms with E-state index in [4.69, 9.17) is 0 Å². The Balaban J connectivity index is 1.34. The van der Waals surface area contributed by atoms with E-state index in [1.807, 2.05) is 61.5 Å². The molecule has 1 spiro atoms. The van der Waals surface area contributed by atoms with Crippen molar-refractivity contribution in [1.29, 1.82) is 0 Å². The summed E-state index contributed by atoms with van der Waals surface area (Å²) in [5.41, 5.74) is 1.21. The lowest BCUT2D eigenvalue weighted by atomic mass is 9.87. The van der Waals surface area contributed by atoms with Gasteiger partial charge in [-0.3, -0.25) is 14.5 Å². The van der Waals surface area contributed by atoms with Crippen LogP contribution in [0.3, 0.4) is 0 Å². The zero-order valence-electron chi connectivity index (χ0n) is 19.4. The average molecular weight is 527 g/mol. The molecule has 0 bridgehead atoms. The lowest BCUT2D eigenvalue weighted by Crippen LogP contribution is -2.55. The number of nitrogens with one attached hydrogen (secondary N) is 2. The molecule has 180 valence electrons. The molecule has 2 N–H and O–H groups in total. The molecule has 2 saturated heterocycles. The van der Waals surface area contributed by atoms with E-state index < -0.39 is 5.54 Å². The van der Waals surface area contributed by atoms with E-state index in [1.165, 1.54) is 4.90 Å². The summed E-state index contributed by atoms with van der Waals surface area (Å²) in [5.74, 6) is -0.0889. The number of urea groups is 1. The zero-order valence-corrected chi connectivity index (χ0v) is 21.0. The van der Waals surface area contributed by atoms with Crippen LogP contribution in [0.5, 0.6) is 0 Å². The van der Waals surface area contributed by atoms with Crippen molar-refractivity contribution in [1.82, 2.24) is 20.4 Å². The van der Waals surface area contributed by atoms with Crippen LogP contribution in [0.1, 0.15) is 49.8 Å². The first-order valence-corrected chi connectivity index (χ1v) is 12.6. The van der Waals surface area contributed by atoms with Gasteiger partial charge in [-0.05, 0) is 42.5 Å². The van der Waals surface area contributed by atoms with Gasteiger partial charge in [0.2, 0.25) is 5.91 Å². The number of amides is 4. The van der Waals surface area contributed by atoms with Gasteiger partial charge < -0.3 is 15.5 Å². The minimum Gasteiger partial charge on any atom is -0.349 e. The van der Waals surface area contributed by atoms with Crippen LogP contribution in [-0.4, -0.2) is 52.8 Å². The predicted molar refractivity (Wildman–Crippen MR) is 134 cm³/mol. The SMILES string of the molecule is CCC(=O)N[C@@H](CCN1CCC2(CC1)NC(=O)N(Cc1ccc(Br)cc1)C2=O)c1ccccc1. The van der Waals surface area contributed by atoms with E-state index in [1.54, 1.807) is 0 Å². The number of hydrogen-bond acceptors (Lipinski definition) is 4. The van der Waals surface area contributed by atoms with E-state index in [0.29, 0.717) is 19.3 Å². The Morgan fingerprint density at radius 2 is 1.76 bits per heavy atom. The summed E-state index contributed by atoms with van der Waals surface area (Å²) in [4.78, 5) is 41.6. The predicted octanol–water partition coefficient (Wildman–Crippen LogP) is 3.99. The highest BCUT2D eigenvalue weighted by Crippen LogP contribution is 2.31. The van der Waals surface area contributed by atoms with E-state index in [-0.39, 0.29) is 30.4 Å². The average Bonchev–Trinajstić information content (AvgIpc) is 3.08. The Labute approximate surface area is 209 Å². The second kappa shape index (κ2) is 10.7. The summed E-state index contributed by atoms with van der Waals surface area (Å²) >= 11 is 3.41. The Bertz CT molecular complexity index is 1020. The van der Waals surface area contributed by atoms with Crippen molar-refractivity contribution in [2.24, 2.45) is 0 Å². The lowest BCUT2D eigenvalue weighted by Gasteiger charge is -2.37. The van der Waals surface area contributed by atoms with Gasteiger partial charge in [-0.1, -0.05) is 65.3 Å². The van der Waals surface area contributed by atoms with Crippen molar-refractivity contribution in [3.8, 4) is 0 Å². The maximum atomic E-state index is 13.2. The van der Waals surface area contributed by atoms with Crippen molar-refractivity contribution >= 4 is 33.8 Å². The molecule has 8 heteroatoms. The number of nitrogens with zero attached hydrogens (tertiary/aromatic N) is 2. The normalized spacial score (nSPS) is 18.7. The molecule has 34 heavy (non-hydrogen) atoms. The zero-order chi connectivity index (χ0) is 24.1. The number of carbonyl (C=O) groups is 3. The van der Waals surface area contributed by atoms with Crippen LogP contribution >= 0.6 is 15.9 Å². The molecule has 2 fully saturated rings. The number of rotatable bonds is 8. The minimum absolute atomic E-state index is 0.0385. The largest absolute Gasteiger partial charge is 0.349 e. The lowest BCUT2D eigenvalue weighted by molar-refractivity contribution is -0.133. The molecule has 2 aliphatic rings. The van der Waals surface area contributed by atoms with Gasteiger partial charge in [0, 0.05) is 30.5 Å². The number of piperidine rings is 1.